The smallest absolute Gasteiger partial charge is 0.0228 e. The van der Waals surface area contributed by atoms with E-state index in [0.29, 0.717) is 0 Å². The molecule has 0 aliphatic carbocycles. The fourth-order valence-electron chi connectivity index (χ4n) is 1.58. The first-order valence-corrected chi connectivity index (χ1v) is 6.58. The molecule has 0 bridgehead atoms. The van der Waals surface area contributed by atoms with E-state index in [1.807, 2.05) is 12.1 Å². The maximum atomic E-state index is 5.55. The fourth-order valence-corrected chi connectivity index (χ4v) is 1.96. The second-order valence-electron chi connectivity index (χ2n) is 3.72. The zero-order valence-electron chi connectivity index (χ0n) is 10.2. The van der Waals surface area contributed by atoms with Gasteiger partial charge in [-0.25, -0.2) is 0 Å². The number of aryl methyl sites for hydroxylation is 1. The van der Waals surface area contributed by atoms with Crippen molar-refractivity contribution in [1.29, 1.82) is 0 Å². The second kappa shape index (κ2) is 7.93. The van der Waals surface area contributed by atoms with E-state index < -0.39 is 0 Å². The average Bonchev–Trinajstić information content (AvgIpc) is 2.39. The van der Waals surface area contributed by atoms with Gasteiger partial charge in [0.15, 0.2) is 0 Å². The summed E-state index contributed by atoms with van der Waals surface area (Å²) in [6.45, 7) is 5.74. The lowest BCUT2D eigenvalue weighted by atomic mass is 10.0. The van der Waals surface area contributed by atoms with Crippen LogP contribution in [0.25, 0.3) is 0 Å². The van der Waals surface area contributed by atoms with Crippen molar-refractivity contribution < 1.29 is 0 Å². The van der Waals surface area contributed by atoms with Crippen molar-refractivity contribution in [2.75, 3.05) is 0 Å². The van der Waals surface area contributed by atoms with E-state index in [1.54, 1.807) is 6.08 Å². The summed E-state index contributed by atoms with van der Waals surface area (Å²) < 4.78 is 0. The van der Waals surface area contributed by atoms with Gasteiger partial charge >= 0.3 is 0 Å². The standard InChI is InChI=1S/C15H19NS/c1-3-5-7-13(4-2)10-11-14-8-6-9-15(12-14)17-16/h3-9,12H,1,10-11,16H2,2H3/b7-5-,13-4+. The highest BCUT2D eigenvalue weighted by molar-refractivity contribution is 7.97. The van der Waals surface area contributed by atoms with Crippen molar-refractivity contribution >= 4 is 11.9 Å². The van der Waals surface area contributed by atoms with Crippen LogP contribution in [0, 0.1) is 0 Å². The van der Waals surface area contributed by atoms with Crippen LogP contribution in [0.3, 0.4) is 0 Å². The van der Waals surface area contributed by atoms with E-state index in [0.717, 1.165) is 17.7 Å². The number of nitrogens with two attached hydrogens (primary N) is 1. The largest absolute Gasteiger partial charge is 0.274 e. The zero-order chi connectivity index (χ0) is 12.5. The van der Waals surface area contributed by atoms with Crippen LogP contribution in [0.2, 0.25) is 0 Å². The van der Waals surface area contributed by atoms with Crippen LogP contribution in [-0.4, -0.2) is 0 Å². The summed E-state index contributed by atoms with van der Waals surface area (Å²) in [5.74, 6) is 0. The van der Waals surface area contributed by atoms with Crippen molar-refractivity contribution in [3.05, 3.63) is 66.3 Å². The van der Waals surface area contributed by atoms with E-state index >= 15 is 0 Å². The van der Waals surface area contributed by atoms with Gasteiger partial charge in [0.1, 0.15) is 0 Å². The second-order valence-corrected chi connectivity index (χ2v) is 4.43. The summed E-state index contributed by atoms with van der Waals surface area (Å²) in [5, 5.41) is 5.55. The van der Waals surface area contributed by atoms with E-state index in [9.17, 15) is 0 Å². The number of benzene rings is 1. The molecule has 0 fully saturated rings. The minimum Gasteiger partial charge on any atom is -0.274 e. The van der Waals surface area contributed by atoms with Crippen LogP contribution < -0.4 is 5.14 Å². The summed E-state index contributed by atoms with van der Waals surface area (Å²) >= 11 is 1.29. The van der Waals surface area contributed by atoms with Crippen molar-refractivity contribution in [1.82, 2.24) is 0 Å². The summed E-state index contributed by atoms with van der Waals surface area (Å²) in [6, 6.07) is 8.38. The molecule has 0 saturated heterocycles. The first kappa shape index (κ1) is 13.8. The molecule has 1 aromatic rings. The molecular weight excluding hydrogens is 226 g/mol. The molecule has 0 unspecified atom stereocenters. The van der Waals surface area contributed by atoms with Crippen LogP contribution in [0.15, 0.2) is 65.6 Å². The molecule has 1 nitrogen and oxygen atoms in total. The topological polar surface area (TPSA) is 26.0 Å². The number of hydrogen-bond donors (Lipinski definition) is 1. The lowest BCUT2D eigenvalue weighted by Gasteiger charge is -2.04. The Morgan fingerprint density at radius 2 is 2.29 bits per heavy atom. The Morgan fingerprint density at radius 1 is 1.47 bits per heavy atom. The molecule has 0 atom stereocenters. The Labute approximate surface area is 108 Å². The predicted molar refractivity (Wildman–Crippen MR) is 77.9 cm³/mol. The van der Waals surface area contributed by atoms with Crippen molar-refractivity contribution in [2.45, 2.75) is 24.7 Å². The zero-order valence-corrected chi connectivity index (χ0v) is 11.0. The molecule has 0 amide bonds. The molecule has 0 saturated carbocycles. The Balaban J connectivity index is 2.59. The number of allylic oxidation sites excluding steroid dienone is 5. The SMILES string of the molecule is C=C/C=C\C(=C/C)CCc1cccc(SN)c1. The Hall–Kier alpha value is -1.25. The van der Waals surface area contributed by atoms with Crippen LogP contribution >= 0.6 is 11.9 Å². The summed E-state index contributed by atoms with van der Waals surface area (Å²) in [7, 11) is 0. The third kappa shape index (κ3) is 5.07. The molecule has 0 aliphatic rings. The van der Waals surface area contributed by atoms with Gasteiger partial charge in [0.25, 0.3) is 0 Å². The van der Waals surface area contributed by atoms with Gasteiger partial charge in [-0.3, -0.25) is 5.14 Å². The summed E-state index contributed by atoms with van der Waals surface area (Å²) in [6.07, 6.45) is 10.1. The van der Waals surface area contributed by atoms with E-state index in [-0.39, 0.29) is 0 Å². The maximum absolute atomic E-state index is 5.55. The van der Waals surface area contributed by atoms with Crippen LogP contribution in [-0.2, 0) is 6.42 Å². The third-order valence-electron chi connectivity index (χ3n) is 2.55. The number of rotatable bonds is 6. The highest BCUT2D eigenvalue weighted by Gasteiger charge is 1.97. The van der Waals surface area contributed by atoms with Gasteiger partial charge in [0, 0.05) is 4.90 Å². The fraction of sp³-hybridized carbons (Fsp3) is 0.200. The normalized spacial score (nSPS) is 12.0. The van der Waals surface area contributed by atoms with E-state index in [1.165, 1.54) is 23.1 Å². The lowest BCUT2D eigenvalue weighted by molar-refractivity contribution is 0.957. The molecule has 0 aromatic heterocycles. The average molecular weight is 245 g/mol. The predicted octanol–water partition coefficient (Wildman–Crippen LogP) is 4.27. The summed E-state index contributed by atoms with van der Waals surface area (Å²) in [4.78, 5) is 1.12. The van der Waals surface area contributed by atoms with Gasteiger partial charge in [-0.1, -0.05) is 48.6 Å². The van der Waals surface area contributed by atoms with Gasteiger partial charge in [-0.2, -0.15) is 0 Å². The van der Waals surface area contributed by atoms with Crippen LogP contribution in [0.5, 0.6) is 0 Å². The molecule has 2 heteroatoms. The highest BCUT2D eigenvalue weighted by atomic mass is 32.2. The maximum Gasteiger partial charge on any atom is 0.0228 e. The van der Waals surface area contributed by atoms with Crippen molar-refractivity contribution in [3.8, 4) is 0 Å². The molecular formula is C15H19NS. The molecule has 0 radical (unpaired) electrons. The monoisotopic (exact) mass is 245 g/mol. The third-order valence-corrected chi connectivity index (χ3v) is 3.08. The van der Waals surface area contributed by atoms with Crippen LogP contribution in [0.1, 0.15) is 18.9 Å². The minimum absolute atomic E-state index is 1.04. The highest BCUT2D eigenvalue weighted by Crippen LogP contribution is 2.16. The van der Waals surface area contributed by atoms with Gasteiger partial charge in [0.2, 0.25) is 0 Å². The Morgan fingerprint density at radius 3 is 2.94 bits per heavy atom. The Bertz CT molecular complexity index is 419. The van der Waals surface area contributed by atoms with Gasteiger partial charge in [-0.15, -0.1) is 0 Å². The molecule has 2 N–H and O–H groups in total. The number of hydrogen-bond acceptors (Lipinski definition) is 2. The minimum atomic E-state index is 1.04. The van der Waals surface area contributed by atoms with Crippen molar-refractivity contribution in [3.63, 3.8) is 0 Å². The molecule has 0 aliphatic heterocycles. The Kier molecular flexibility index (Phi) is 6.45. The first-order valence-electron chi connectivity index (χ1n) is 5.70. The van der Waals surface area contributed by atoms with Crippen molar-refractivity contribution in [2.24, 2.45) is 5.14 Å². The van der Waals surface area contributed by atoms with Gasteiger partial charge in [0.05, 0.1) is 0 Å². The van der Waals surface area contributed by atoms with E-state index in [4.69, 9.17) is 5.14 Å². The van der Waals surface area contributed by atoms with Crippen LogP contribution in [0.4, 0.5) is 0 Å². The molecule has 0 spiro atoms. The van der Waals surface area contributed by atoms with Gasteiger partial charge in [-0.05, 0) is 49.4 Å². The van der Waals surface area contributed by atoms with Gasteiger partial charge < -0.3 is 0 Å². The first-order chi connectivity index (χ1) is 8.30. The molecule has 0 heterocycles. The molecule has 90 valence electrons. The molecule has 17 heavy (non-hydrogen) atoms. The van der Waals surface area contributed by atoms with E-state index in [2.05, 4.69) is 43.9 Å². The summed E-state index contributed by atoms with van der Waals surface area (Å²) in [5.41, 5.74) is 2.66. The quantitative estimate of drug-likeness (QED) is 0.598. The molecule has 1 aromatic carbocycles. The lowest BCUT2D eigenvalue weighted by Crippen LogP contribution is -1.89. The molecule has 1 rings (SSSR count).